The molecule has 0 saturated heterocycles. The first-order valence-electron chi connectivity index (χ1n) is 5.21. The van der Waals surface area contributed by atoms with Crippen molar-refractivity contribution in [2.75, 3.05) is 5.32 Å². The van der Waals surface area contributed by atoms with Crippen LogP contribution in [0.25, 0.3) is 0 Å². The molecule has 2 rings (SSSR count). The van der Waals surface area contributed by atoms with Gasteiger partial charge in [0.25, 0.3) is 5.91 Å². The summed E-state index contributed by atoms with van der Waals surface area (Å²) in [4.78, 5) is 23.2. The van der Waals surface area contributed by atoms with Crippen molar-refractivity contribution < 1.29 is 19.8 Å². The van der Waals surface area contributed by atoms with Gasteiger partial charge in [0.05, 0.1) is 8.66 Å². The molecule has 5 nitrogen and oxygen atoms in total. The highest BCUT2D eigenvalue weighted by molar-refractivity contribution is 9.13. The normalized spacial score (nSPS) is 10.3. The Labute approximate surface area is 134 Å². The summed E-state index contributed by atoms with van der Waals surface area (Å²) in [6.45, 7) is 0. The highest BCUT2D eigenvalue weighted by Crippen LogP contribution is 2.33. The second kappa shape index (κ2) is 5.94. The molecule has 0 fully saturated rings. The SMILES string of the molecule is O=C(Nc1ccc(C(=O)O)c(O)c1)c1cc(Br)c(Br)s1. The van der Waals surface area contributed by atoms with E-state index in [9.17, 15) is 14.7 Å². The fourth-order valence-corrected chi connectivity index (χ4v) is 3.37. The summed E-state index contributed by atoms with van der Waals surface area (Å²) < 4.78 is 1.57. The van der Waals surface area contributed by atoms with Crippen molar-refractivity contribution in [2.45, 2.75) is 0 Å². The van der Waals surface area contributed by atoms with E-state index in [-0.39, 0.29) is 11.5 Å². The monoisotopic (exact) mass is 419 g/mol. The number of hydrogen-bond acceptors (Lipinski definition) is 4. The van der Waals surface area contributed by atoms with E-state index in [2.05, 4.69) is 37.2 Å². The van der Waals surface area contributed by atoms with Crippen molar-refractivity contribution >= 4 is 60.8 Å². The lowest BCUT2D eigenvalue weighted by atomic mass is 10.2. The number of anilines is 1. The molecular weight excluding hydrogens is 414 g/mol. The van der Waals surface area contributed by atoms with E-state index in [0.717, 1.165) is 8.26 Å². The zero-order valence-corrected chi connectivity index (χ0v) is 13.7. The van der Waals surface area contributed by atoms with Crippen LogP contribution in [0.2, 0.25) is 0 Å². The molecule has 0 radical (unpaired) electrons. The zero-order valence-electron chi connectivity index (χ0n) is 9.68. The van der Waals surface area contributed by atoms with Gasteiger partial charge >= 0.3 is 5.97 Å². The lowest BCUT2D eigenvalue weighted by molar-refractivity contribution is 0.0693. The summed E-state index contributed by atoms with van der Waals surface area (Å²) in [5.41, 5.74) is 0.0998. The number of phenols is 1. The molecule has 0 aliphatic heterocycles. The van der Waals surface area contributed by atoms with Gasteiger partial charge in [0.15, 0.2) is 0 Å². The van der Waals surface area contributed by atoms with Crippen LogP contribution in [0.5, 0.6) is 5.75 Å². The smallest absolute Gasteiger partial charge is 0.339 e. The fourth-order valence-electron chi connectivity index (χ4n) is 1.44. The Morgan fingerprint density at radius 3 is 2.40 bits per heavy atom. The molecule has 1 aromatic carbocycles. The van der Waals surface area contributed by atoms with Gasteiger partial charge < -0.3 is 15.5 Å². The first-order valence-corrected chi connectivity index (χ1v) is 7.61. The van der Waals surface area contributed by atoms with Gasteiger partial charge in [0.1, 0.15) is 11.3 Å². The number of amides is 1. The highest BCUT2D eigenvalue weighted by atomic mass is 79.9. The van der Waals surface area contributed by atoms with E-state index in [1.54, 1.807) is 6.07 Å². The molecule has 0 atom stereocenters. The number of carbonyl (C=O) groups is 2. The second-order valence-corrected chi connectivity index (χ2v) is 6.95. The first-order chi connectivity index (χ1) is 9.38. The summed E-state index contributed by atoms with van der Waals surface area (Å²) in [6.07, 6.45) is 0. The molecule has 0 unspecified atom stereocenters. The molecular formula is C12H7Br2NO4S. The zero-order chi connectivity index (χ0) is 14.9. The first kappa shape index (κ1) is 15.0. The molecule has 0 aliphatic rings. The summed E-state index contributed by atoms with van der Waals surface area (Å²) in [6, 6.07) is 5.50. The number of carboxylic acids is 1. The Morgan fingerprint density at radius 1 is 1.20 bits per heavy atom. The van der Waals surface area contributed by atoms with Crippen molar-refractivity contribution in [3.05, 3.63) is 43.0 Å². The maximum Gasteiger partial charge on any atom is 0.339 e. The van der Waals surface area contributed by atoms with Crippen LogP contribution >= 0.6 is 43.2 Å². The van der Waals surface area contributed by atoms with E-state index >= 15 is 0 Å². The molecule has 1 amide bonds. The number of aromatic hydroxyl groups is 1. The van der Waals surface area contributed by atoms with Crippen molar-refractivity contribution in [1.29, 1.82) is 0 Å². The average Bonchev–Trinajstić information content (AvgIpc) is 2.69. The molecule has 0 spiro atoms. The molecule has 104 valence electrons. The second-order valence-electron chi connectivity index (χ2n) is 3.72. The summed E-state index contributed by atoms with van der Waals surface area (Å²) >= 11 is 7.83. The van der Waals surface area contributed by atoms with Gasteiger partial charge in [-0.2, -0.15) is 0 Å². The number of carbonyl (C=O) groups excluding carboxylic acids is 1. The largest absolute Gasteiger partial charge is 0.507 e. The van der Waals surface area contributed by atoms with Gasteiger partial charge in [-0.1, -0.05) is 0 Å². The van der Waals surface area contributed by atoms with Crippen LogP contribution < -0.4 is 5.32 Å². The van der Waals surface area contributed by atoms with Crippen LogP contribution in [-0.2, 0) is 0 Å². The number of rotatable bonds is 3. The number of carboxylic acid groups (broad SMARTS) is 1. The Morgan fingerprint density at radius 2 is 1.90 bits per heavy atom. The number of halogens is 2. The number of thiophene rings is 1. The van der Waals surface area contributed by atoms with Crippen molar-refractivity contribution in [1.82, 2.24) is 0 Å². The summed E-state index contributed by atoms with van der Waals surface area (Å²) in [5.74, 6) is -1.97. The van der Waals surface area contributed by atoms with Crippen LogP contribution in [0.15, 0.2) is 32.5 Å². The molecule has 2 aromatic rings. The topological polar surface area (TPSA) is 86.6 Å². The van der Waals surface area contributed by atoms with Crippen LogP contribution in [0.4, 0.5) is 5.69 Å². The minimum Gasteiger partial charge on any atom is -0.507 e. The van der Waals surface area contributed by atoms with Crippen molar-refractivity contribution in [3.63, 3.8) is 0 Å². The van der Waals surface area contributed by atoms with Crippen LogP contribution in [0, 0.1) is 0 Å². The number of benzene rings is 1. The maximum atomic E-state index is 12.0. The van der Waals surface area contributed by atoms with Crippen molar-refractivity contribution in [3.8, 4) is 5.75 Å². The Bertz CT molecular complexity index is 679. The van der Waals surface area contributed by atoms with Gasteiger partial charge in [-0.05, 0) is 50.1 Å². The standard InChI is InChI=1S/C12H7Br2NO4S/c13-7-4-9(20-10(7)14)11(17)15-5-1-2-6(12(18)19)8(16)3-5/h1-4,16H,(H,15,17)(H,18,19). The van der Waals surface area contributed by atoms with Crippen molar-refractivity contribution in [2.24, 2.45) is 0 Å². The molecule has 0 saturated carbocycles. The van der Waals surface area contributed by atoms with E-state index < -0.39 is 11.7 Å². The lowest BCUT2D eigenvalue weighted by Crippen LogP contribution is -2.10. The summed E-state index contributed by atoms with van der Waals surface area (Å²) in [7, 11) is 0. The van der Waals surface area contributed by atoms with E-state index in [1.165, 1.54) is 29.5 Å². The van der Waals surface area contributed by atoms with Gasteiger partial charge in [-0.3, -0.25) is 4.79 Å². The molecule has 1 aromatic heterocycles. The average molecular weight is 421 g/mol. The van der Waals surface area contributed by atoms with Gasteiger partial charge in [0, 0.05) is 16.2 Å². The van der Waals surface area contributed by atoms with E-state index in [1.807, 2.05) is 0 Å². The predicted molar refractivity (Wildman–Crippen MR) is 82.7 cm³/mol. The molecule has 0 bridgehead atoms. The van der Waals surface area contributed by atoms with E-state index in [4.69, 9.17) is 5.11 Å². The van der Waals surface area contributed by atoms with Gasteiger partial charge in [-0.25, -0.2) is 4.79 Å². The Kier molecular flexibility index (Phi) is 4.46. The molecule has 0 aliphatic carbocycles. The van der Waals surface area contributed by atoms with Crippen LogP contribution in [0.3, 0.4) is 0 Å². The fraction of sp³-hybridized carbons (Fsp3) is 0. The highest BCUT2D eigenvalue weighted by Gasteiger charge is 2.14. The molecule has 3 N–H and O–H groups in total. The van der Waals surface area contributed by atoms with Gasteiger partial charge in [-0.15, -0.1) is 11.3 Å². The minimum absolute atomic E-state index is 0.218. The Hall–Kier alpha value is -1.38. The number of hydrogen-bond donors (Lipinski definition) is 3. The molecule has 1 heterocycles. The third kappa shape index (κ3) is 3.20. The summed E-state index contributed by atoms with van der Waals surface area (Å²) in [5, 5.41) is 20.9. The lowest BCUT2D eigenvalue weighted by Gasteiger charge is -2.05. The van der Waals surface area contributed by atoms with Crippen LogP contribution in [0.1, 0.15) is 20.0 Å². The number of aromatic carboxylic acids is 1. The number of nitrogens with one attached hydrogen (secondary N) is 1. The Balaban J connectivity index is 2.20. The maximum absolute atomic E-state index is 12.0. The predicted octanol–water partition coefficient (Wildman–Crippen LogP) is 3.93. The third-order valence-corrected chi connectivity index (χ3v) is 5.61. The molecule has 8 heteroatoms. The quantitative estimate of drug-likeness (QED) is 0.702. The minimum atomic E-state index is -1.23. The molecule has 20 heavy (non-hydrogen) atoms. The van der Waals surface area contributed by atoms with E-state index in [0.29, 0.717) is 10.6 Å². The van der Waals surface area contributed by atoms with Gasteiger partial charge in [0.2, 0.25) is 0 Å². The van der Waals surface area contributed by atoms with Crippen LogP contribution in [-0.4, -0.2) is 22.1 Å². The third-order valence-electron chi connectivity index (χ3n) is 2.35.